The molecule has 0 heterocycles. The molecule has 1 aromatic rings. The molecule has 0 radical (unpaired) electrons. The molecule has 0 amide bonds. The first-order valence-corrected chi connectivity index (χ1v) is 8.45. The van der Waals surface area contributed by atoms with Gasteiger partial charge in [-0.1, -0.05) is 13.0 Å². The zero-order valence-corrected chi connectivity index (χ0v) is 13.2. The average molecular weight is 300 g/mol. The second-order valence-electron chi connectivity index (χ2n) is 4.90. The van der Waals surface area contributed by atoms with Crippen molar-refractivity contribution >= 4 is 21.4 Å². The fourth-order valence-corrected chi connectivity index (χ4v) is 3.23. The second-order valence-corrected chi connectivity index (χ2v) is 6.92. The Morgan fingerprint density at radius 3 is 2.60 bits per heavy atom. The van der Waals surface area contributed by atoms with Gasteiger partial charge in [0.05, 0.1) is 24.2 Å². The van der Waals surface area contributed by atoms with Crippen LogP contribution in [0, 0.1) is 0 Å². The van der Waals surface area contributed by atoms with Crippen LogP contribution in [0.2, 0.25) is 0 Å². The van der Waals surface area contributed by atoms with Crippen molar-refractivity contribution in [2.75, 3.05) is 28.9 Å². The molecule has 6 heteroatoms. The Kier molecular flexibility index (Phi) is 6.29. The van der Waals surface area contributed by atoms with Gasteiger partial charge in [-0.15, -0.1) is 0 Å². The lowest BCUT2D eigenvalue weighted by molar-refractivity contribution is 0.0912. The van der Waals surface area contributed by atoms with Crippen molar-refractivity contribution in [3.8, 4) is 0 Å². The summed E-state index contributed by atoms with van der Waals surface area (Å²) in [5.74, 6) is -0.0278. The summed E-state index contributed by atoms with van der Waals surface area (Å²) < 4.78 is 31.6. The van der Waals surface area contributed by atoms with Crippen LogP contribution in [0.15, 0.2) is 24.3 Å². The minimum atomic E-state index is -3.40. The summed E-state index contributed by atoms with van der Waals surface area (Å²) in [6, 6.07) is 6.93. The summed E-state index contributed by atoms with van der Waals surface area (Å²) in [6.45, 7) is 6.35. The molecule has 0 saturated heterocycles. The van der Waals surface area contributed by atoms with Crippen molar-refractivity contribution < 1.29 is 13.2 Å². The van der Waals surface area contributed by atoms with E-state index in [9.17, 15) is 8.42 Å². The molecule has 0 saturated carbocycles. The average Bonchev–Trinajstić information content (AvgIpc) is 2.35. The number of nitrogen functional groups attached to an aromatic ring is 1. The van der Waals surface area contributed by atoms with Crippen LogP contribution in [0.3, 0.4) is 0 Å². The summed E-state index contributed by atoms with van der Waals surface area (Å²) in [5, 5.41) is 0. The maximum Gasteiger partial charge on any atom is 0.237 e. The smallest absolute Gasteiger partial charge is 0.237 e. The van der Waals surface area contributed by atoms with E-state index >= 15 is 0 Å². The molecule has 20 heavy (non-hydrogen) atoms. The highest BCUT2D eigenvalue weighted by Gasteiger charge is 2.21. The Hall–Kier alpha value is -1.27. The summed E-state index contributed by atoms with van der Waals surface area (Å²) in [7, 11) is -3.40. The van der Waals surface area contributed by atoms with E-state index in [4.69, 9.17) is 10.5 Å². The van der Waals surface area contributed by atoms with E-state index < -0.39 is 10.0 Å². The number of nitrogens with two attached hydrogens (primary N) is 1. The molecule has 0 atom stereocenters. The fraction of sp³-hybridized carbons (Fsp3) is 0.571. The van der Waals surface area contributed by atoms with Gasteiger partial charge in [0.15, 0.2) is 0 Å². The van der Waals surface area contributed by atoms with Crippen LogP contribution < -0.4 is 10.0 Å². The van der Waals surface area contributed by atoms with E-state index in [0.717, 1.165) is 6.42 Å². The van der Waals surface area contributed by atoms with E-state index in [-0.39, 0.29) is 18.5 Å². The van der Waals surface area contributed by atoms with E-state index in [1.54, 1.807) is 24.3 Å². The minimum absolute atomic E-state index is 0.0252. The Labute approximate surface area is 121 Å². The van der Waals surface area contributed by atoms with Crippen molar-refractivity contribution in [3.05, 3.63) is 24.3 Å². The number of sulfonamides is 1. The van der Waals surface area contributed by atoms with Crippen LogP contribution in [0.1, 0.15) is 27.2 Å². The largest absolute Gasteiger partial charge is 0.399 e. The lowest BCUT2D eigenvalue weighted by Gasteiger charge is -2.24. The number of anilines is 2. The van der Waals surface area contributed by atoms with Crippen molar-refractivity contribution in [1.82, 2.24) is 0 Å². The SMILES string of the molecule is CCCN(c1cccc(N)c1)S(=O)(=O)CCOC(C)C. The predicted molar refractivity (Wildman–Crippen MR) is 83.4 cm³/mol. The molecule has 0 aromatic heterocycles. The summed E-state index contributed by atoms with van der Waals surface area (Å²) in [6.07, 6.45) is 0.760. The monoisotopic (exact) mass is 300 g/mol. The Morgan fingerprint density at radius 1 is 1.35 bits per heavy atom. The van der Waals surface area contributed by atoms with Gasteiger partial charge in [0.2, 0.25) is 10.0 Å². The quantitative estimate of drug-likeness (QED) is 0.747. The molecule has 1 aromatic carbocycles. The molecule has 0 aliphatic rings. The lowest BCUT2D eigenvalue weighted by Crippen LogP contribution is -2.35. The first-order chi connectivity index (χ1) is 9.36. The third-order valence-electron chi connectivity index (χ3n) is 2.71. The zero-order valence-electron chi connectivity index (χ0n) is 12.4. The zero-order chi connectivity index (χ0) is 15.2. The third-order valence-corrected chi connectivity index (χ3v) is 4.46. The number of rotatable bonds is 8. The van der Waals surface area contributed by atoms with Crippen molar-refractivity contribution in [2.24, 2.45) is 0 Å². The van der Waals surface area contributed by atoms with Gasteiger partial charge in [0, 0.05) is 12.2 Å². The molecule has 0 aliphatic carbocycles. The van der Waals surface area contributed by atoms with E-state index in [1.165, 1.54) is 4.31 Å². The molecule has 2 N–H and O–H groups in total. The van der Waals surface area contributed by atoms with Gasteiger partial charge in [-0.3, -0.25) is 4.31 Å². The molecule has 1 rings (SSSR count). The maximum absolute atomic E-state index is 12.4. The number of benzene rings is 1. The Morgan fingerprint density at radius 2 is 2.05 bits per heavy atom. The van der Waals surface area contributed by atoms with Gasteiger partial charge in [-0.25, -0.2) is 8.42 Å². The van der Waals surface area contributed by atoms with Crippen LogP contribution in [0.5, 0.6) is 0 Å². The Balaban J connectivity index is 2.89. The molecule has 114 valence electrons. The van der Waals surface area contributed by atoms with Crippen LogP contribution in [-0.2, 0) is 14.8 Å². The van der Waals surface area contributed by atoms with Crippen LogP contribution in [-0.4, -0.2) is 33.4 Å². The topological polar surface area (TPSA) is 72.6 Å². The number of hydrogen-bond acceptors (Lipinski definition) is 4. The number of hydrogen-bond donors (Lipinski definition) is 1. The first kappa shape index (κ1) is 16.8. The van der Waals surface area contributed by atoms with Gasteiger partial charge in [-0.05, 0) is 38.5 Å². The van der Waals surface area contributed by atoms with Crippen LogP contribution in [0.4, 0.5) is 11.4 Å². The fourth-order valence-electron chi connectivity index (χ4n) is 1.81. The minimum Gasteiger partial charge on any atom is -0.399 e. The van der Waals surface area contributed by atoms with E-state index in [0.29, 0.717) is 17.9 Å². The highest BCUT2D eigenvalue weighted by molar-refractivity contribution is 7.92. The highest BCUT2D eigenvalue weighted by Crippen LogP contribution is 2.21. The predicted octanol–water partition coefficient (Wildman–Crippen LogP) is 2.24. The summed E-state index contributed by atoms with van der Waals surface area (Å²) >= 11 is 0. The van der Waals surface area contributed by atoms with Gasteiger partial charge in [-0.2, -0.15) is 0 Å². The Bertz CT molecular complexity index is 515. The number of ether oxygens (including phenoxy) is 1. The second kappa shape index (κ2) is 7.50. The van der Waals surface area contributed by atoms with Gasteiger partial charge < -0.3 is 10.5 Å². The van der Waals surface area contributed by atoms with Crippen molar-refractivity contribution in [1.29, 1.82) is 0 Å². The molecule has 0 unspecified atom stereocenters. The summed E-state index contributed by atoms with van der Waals surface area (Å²) in [4.78, 5) is 0. The number of nitrogens with zero attached hydrogens (tertiary/aromatic N) is 1. The standard InChI is InChI=1S/C14H24N2O3S/c1-4-8-16(14-7-5-6-13(15)11-14)20(17,18)10-9-19-12(2)3/h5-7,11-12H,4,8-10,15H2,1-3H3. The molecule has 0 spiro atoms. The highest BCUT2D eigenvalue weighted by atomic mass is 32.2. The van der Waals surface area contributed by atoms with Gasteiger partial charge in [0.25, 0.3) is 0 Å². The molecule has 5 nitrogen and oxygen atoms in total. The summed E-state index contributed by atoms with van der Waals surface area (Å²) in [5.41, 5.74) is 6.89. The molecular weight excluding hydrogens is 276 g/mol. The van der Waals surface area contributed by atoms with E-state index in [2.05, 4.69) is 0 Å². The molecule has 0 fully saturated rings. The normalized spacial score (nSPS) is 11.8. The van der Waals surface area contributed by atoms with Gasteiger partial charge in [0.1, 0.15) is 0 Å². The van der Waals surface area contributed by atoms with Crippen molar-refractivity contribution in [2.45, 2.75) is 33.3 Å². The molecular formula is C14H24N2O3S. The van der Waals surface area contributed by atoms with Crippen molar-refractivity contribution in [3.63, 3.8) is 0 Å². The molecule has 0 aliphatic heterocycles. The lowest BCUT2D eigenvalue weighted by atomic mass is 10.3. The first-order valence-electron chi connectivity index (χ1n) is 6.84. The molecule has 0 bridgehead atoms. The third kappa shape index (κ3) is 5.02. The van der Waals surface area contributed by atoms with E-state index in [1.807, 2.05) is 20.8 Å². The van der Waals surface area contributed by atoms with Gasteiger partial charge >= 0.3 is 0 Å². The van der Waals surface area contributed by atoms with Crippen LogP contribution in [0.25, 0.3) is 0 Å². The van der Waals surface area contributed by atoms with Crippen LogP contribution >= 0.6 is 0 Å². The maximum atomic E-state index is 12.4.